The molecule has 2 fully saturated rings. The minimum absolute atomic E-state index is 0.0891. The molecule has 3 amide bonds. The van der Waals surface area contributed by atoms with Crippen molar-refractivity contribution in [2.45, 2.75) is 63.5 Å². The molecule has 6 rings (SSSR count). The van der Waals surface area contributed by atoms with Gasteiger partial charge in [-0.05, 0) is 78.3 Å². The van der Waals surface area contributed by atoms with Crippen LogP contribution in [0.2, 0.25) is 0 Å². The van der Waals surface area contributed by atoms with Crippen LogP contribution in [0.5, 0.6) is 0 Å². The standard InChI is InChI=1S/C37H38N4O5S/c1-3-25(2)27-13-17-30(18-14-27)39-36-41(23-31-11-8-22-45-31)35(43)33(47-36)28-15-19-29(20-16-28)38-34(42)32-12-7-21-40(32)37(44)46-24-26-9-5-4-6-10-26/h4-6,8-11,13-20,22,25,32-33H,3,7,12,21,23-24H2,1-2H3,(H,38,42)/b39-36-/t25?,32-,33?/m0/s1. The van der Waals surface area contributed by atoms with Gasteiger partial charge in [0.05, 0.1) is 18.5 Å². The summed E-state index contributed by atoms with van der Waals surface area (Å²) in [7, 11) is 0. The van der Waals surface area contributed by atoms with Crippen LogP contribution in [0.15, 0.2) is 107 Å². The van der Waals surface area contributed by atoms with E-state index in [0.717, 1.165) is 29.7 Å². The van der Waals surface area contributed by atoms with Gasteiger partial charge in [-0.25, -0.2) is 9.79 Å². The van der Waals surface area contributed by atoms with Gasteiger partial charge in [0.15, 0.2) is 5.17 Å². The molecule has 0 spiro atoms. The Morgan fingerprint density at radius 3 is 2.49 bits per heavy atom. The lowest BCUT2D eigenvalue weighted by molar-refractivity contribution is -0.126. The first-order chi connectivity index (χ1) is 22.9. The van der Waals surface area contributed by atoms with Gasteiger partial charge in [-0.2, -0.15) is 0 Å². The third kappa shape index (κ3) is 7.60. The van der Waals surface area contributed by atoms with Crippen LogP contribution in [0.25, 0.3) is 0 Å². The van der Waals surface area contributed by atoms with E-state index < -0.39 is 17.4 Å². The molecule has 2 aliphatic heterocycles. The highest BCUT2D eigenvalue weighted by atomic mass is 32.2. The third-order valence-corrected chi connectivity index (χ3v) is 9.85. The van der Waals surface area contributed by atoms with E-state index >= 15 is 0 Å². The molecule has 242 valence electrons. The number of nitrogens with zero attached hydrogens (tertiary/aromatic N) is 3. The lowest BCUT2D eigenvalue weighted by Gasteiger charge is -2.23. The van der Waals surface area contributed by atoms with Crippen molar-refractivity contribution in [1.29, 1.82) is 0 Å². The van der Waals surface area contributed by atoms with Crippen molar-refractivity contribution >= 4 is 46.2 Å². The second-order valence-electron chi connectivity index (χ2n) is 11.8. The number of benzene rings is 3. The van der Waals surface area contributed by atoms with Gasteiger partial charge in [-0.1, -0.05) is 80.2 Å². The monoisotopic (exact) mass is 650 g/mol. The van der Waals surface area contributed by atoms with Crippen molar-refractivity contribution in [2.24, 2.45) is 4.99 Å². The Labute approximate surface area is 279 Å². The number of amidine groups is 1. The van der Waals surface area contributed by atoms with Crippen LogP contribution >= 0.6 is 11.8 Å². The molecule has 3 heterocycles. The van der Waals surface area contributed by atoms with Crippen LogP contribution in [-0.4, -0.2) is 45.5 Å². The molecule has 2 saturated heterocycles. The zero-order chi connectivity index (χ0) is 32.8. The number of hydrogen-bond donors (Lipinski definition) is 1. The molecule has 2 aliphatic rings. The number of hydrogen-bond acceptors (Lipinski definition) is 7. The second kappa shape index (κ2) is 14.7. The predicted octanol–water partition coefficient (Wildman–Crippen LogP) is 8.04. The summed E-state index contributed by atoms with van der Waals surface area (Å²) in [5.74, 6) is 0.776. The van der Waals surface area contributed by atoms with Crippen molar-refractivity contribution < 1.29 is 23.5 Å². The molecule has 0 bridgehead atoms. The number of nitrogens with one attached hydrogen (secondary N) is 1. The molecule has 3 atom stereocenters. The van der Waals surface area contributed by atoms with E-state index in [1.807, 2.05) is 60.7 Å². The number of amides is 3. The number of furan rings is 1. The van der Waals surface area contributed by atoms with Crippen LogP contribution in [0.3, 0.4) is 0 Å². The van der Waals surface area contributed by atoms with E-state index in [4.69, 9.17) is 14.1 Å². The zero-order valence-electron chi connectivity index (χ0n) is 26.5. The smallest absolute Gasteiger partial charge is 0.410 e. The molecule has 1 aromatic heterocycles. The molecular formula is C37H38N4O5S. The Morgan fingerprint density at radius 1 is 1.02 bits per heavy atom. The fourth-order valence-electron chi connectivity index (χ4n) is 5.71. The van der Waals surface area contributed by atoms with Crippen molar-refractivity contribution in [3.63, 3.8) is 0 Å². The first kappa shape index (κ1) is 32.1. The summed E-state index contributed by atoms with van der Waals surface area (Å²) in [4.78, 5) is 47.8. The Kier molecular flexibility index (Phi) is 10.1. The van der Waals surface area contributed by atoms with Gasteiger partial charge in [0.1, 0.15) is 23.7 Å². The molecule has 10 heteroatoms. The zero-order valence-corrected chi connectivity index (χ0v) is 27.3. The largest absolute Gasteiger partial charge is 0.467 e. The average molecular weight is 651 g/mol. The molecule has 3 aromatic carbocycles. The topological polar surface area (TPSA) is 104 Å². The molecule has 4 aromatic rings. The van der Waals surface area contributed by atoms with Crippen LogP contribution in [0, 0.1) is 0 Å². The molecule has 47 heavy (non-hydrogen) atoms. The van der Waals surface area contributed by atoms with Crippen molar-refractivity contribution in [3.8, 4) is 0 Å². The number of carbonyl (C=O) groups is 3. The maximum absolute atomic E-state index is 13.8. The summed E-state index contributed by atoms with van der Waals surface area (Å²) < 4.78 is 11.0. The summed E-state index contributed by atoms with van der Waals surface area (Å²) in [5, 5.41) is 3.04. The van der Waals surface area contributed by atoms with Crippen LogP contribution in [-0.2, 0) is 27.5 Å². The lowest BCUT2D eigenvalue weighted by atomic mass is 9.99. The Balaban J connectivity index is 1.12. The van der Waals surface area contributed by atoms with E-state index in [0.29, 0.717) is 35.5 Å². The molecule has 0 radical (unpaired) electrons. The van der Waals surface area contributed by atoms with E-state index in [9.17, 15) is 14.4 Å². The van der Waals surface area contributed by atoms with Gasteiger partial charge in [-0.3, -0.25) is 19.4 Å². The SMILES string of the molecule is CCC(C)c1ccc(/N=C2\SC(c3ccc(NC(=O)[C@@H]4CCCN4C(=O)OCc4ccccc4)cc3)C(=O)N2Cc2ccco2)cc1. The number of ether oxygens (including phenoxy) is 1. The van der Waals surface area contributed by atoms with Gasteiger partial charge < -0.3 is 14.5 Å². The van der Waals surface area contributed by atoms with E-state index in [2.05, 4.69) is 31.3 Å². The first-order valence-electron chi connectivity index (χ1n) is 16.0. The highest BCUT2D eigenvalue weighted by molar-refractivity contribution is 8.15. The molecule has 1 N–H and O–H groups in total. The Hall–Kier alpha value is -4.83. The average Bonchev–Trinajstić information content (AvgIpc) is 3.87. The summed E-state index contributed by atoms with van der Waals surface area (Å²) in [6.45, 7) is 5.26. The Bertz CT molecular complexity index is 1710. The van der Waals surface area contributed by atoms with Crippen LogP contribution in [0.4, 0.5) is 16.2 Å². The lowest BCUT2D eigenvalue weighted by Crippen LogP contribution is -2.43. The minimum Gasteiger partial charge on any atom is -0.467 e. The first-order valence-corrected chi connectivity index (χ1v) is 16.8. The van der Waals surface area contributed by atoms with E-state index in [1.54, 1.807) is 29.4 Å². The van der Waals surface area contributed by atoms with Crippen LogP contribution < -0.4 is 5.32 Å². The van der Waals surface area contributed by atoms with Gasteiger partial charge in [-0.15, -0.1) is 0 Å². The summed E-state index contributed by atoms with van der Waals surface area (Å²) >= 11 is 1.40. The fourth-order valence-corrected chi connectivity index (χ4v) is 6.88. The molecule has 0 saturated carbocycles. The molecule has 9 nitrogen and oxygen atoms in total. The van der Waals surface area contributed by atoms with Crippen molar-refractivity contribution in [2.75, 3.05) is 11.9 Å². The number of carbonyl (C=O) groups excluding carboxylic acids is 3. The van der Waals surface area contributed by atoms with Gasteiger partial charge in [0, 0.05) is 12.2 Å². The maximum atomic E-state index is 13.8. The van der Waals surface area contributed by atoms with Crippen LogP contribution in [0.1, 0.15) is 66.7 Å². The molecule has 2 unspecified atom stereocenters. The summed E-state index contributed by atoms with van der Waals surface area (Å²) in [6, 6.07) is 27.9. The van der Waals surface area contributed by atoms with Gasteiger partial charge in [0.2, 0.25) is 11.8 Å². The minimum atomic E-state index is -0.613. The van der Waals surface area contributed by atoms with Crippen molar-refractivity contribution in [3.05, 3.63) is 120 Å². The maximum Gasteiger partial charge on any atom is 0.410 e. The summed E-state index contributed by atoms with van der Waals surface area (Å²) in [6.07, 6.45) is 3.44. The molecule has 0 aliphatic carbocycles. The highest BCUT2D eigenvalue weighted by Crippen LogP contribution is 2.41. The quantitative estimate of drug-likeness (QED) is 0.186. The Morgan fingerprint density at radius 2 is 1.79 bits per heavy atom. The van der Waals surface area contributed by atoms with Gasteiger partial charge >= 0.3 is 6.09 Å². The number of aliphatic imine (C=N–C) groups is 1. The van der Waals surface area contributed by atoms with Gasteiger partial charge in [0.25, 0.3) is 0 Å². The fraction of sp³-hybridized carbons (Fsp3) is 0.297. The molecular weight excluding hydrogens is 612 g/mol. The van der Waals surface area contributed by atoms with Crippen molar-refractivity contribution in [1.82, 2.24) is 9.80 Å². The van der Waals surface area contributed by atoms with E-state index in [1.165, 1.54) is 22.2 Å². The van der Waals surface area contributed by atoms with E-state index in [-0.39, 0.29) is 25.0 Å². The summed E-state index contributed by atoms with van der Waals surface area (Å²) in [5.41, 5.74) is 4.31. The number of likely N-dealkylation sites (tertiary alicyclic amines) is 1. The normalized spacial score (nSPS) is 19.3. The third-order valence-electron chi connectivity index (χ3n) is 8.61. The highest BCUT2D eigenvalue weighted by Gasteiger charge is 2.40. The number of rotatable bonds is 10. The second-order valence-corrected chi connectivity index (χ2v) is 12.9. The number of anilines is 1. The number of thioether (sulfide) groups is 1. The predicted molar refractivity (Wildman–Crippen MR) is 183 cm³/mol.